The third kappa shape index (κ3) is 2.47. The summed E-state index contributed by atoms with van der Waals surface area (Å²) in [7, 11) is 0. The van der Waals surface area contributed by atoms with Crippen LogP contribution in [0.2, 0.25) is 0 Å². The molecule has 98 valence electrons. The Kier molecular flexibility index (Phi) is 3.33. The molecular weight excluding hydrogens is 253 g/mol. The van der Waals surface area contributed by atoms with Crippen LogP contribution in [0.5, 0.6) is 0 Å². The molecule has 2 N–H and O–H groups in total. The standard InChI is InChI=1S/C12H10FN3O3/c13-8-5-7(6-14)1-2-10(8)16-4-3-9(11(16)17)15-12(18)19/h1-2,5,9,15H,3-4H2,(H,18,19)/t9-/m0/s1. The molecule has 1 aromatic carbocycles. The average Bonchev–Trinajstić information content (AvgIpc) is 2.70. The summed E-state index contributed by atoms with van der Waals surface area (Å²) in [4.78, 5) is 23.6. The normalized spacial score (nSPS) is 18.2. The summed E-state index contributed by atoms with van der Waals surface area (Å²) < 4.78 is 13.8. The molecule has 19 heavy (non-hydrogen) atoms. The predicted octanol–water partition coefficient (Wildman–Crippen LogP) is 1.07. The SMILES string of the molecule is N#Cc1ccc(N2CC[C@H](NC(=O)O)C2=O)c(F)c1. The van der Waals surface area contributed by atoms with E-state index in [1.807, 2.05) is 0 Å². The average molecular weight is 263 g/mol. The second kappa shape index (κ2) is 4.94. The van der Waals surface area contributed by atoms with Crippen LogP contribution in [0.15, 0.2) is 18.2 Å². The second-order valence-electron chi connectivity index (χ2n) is 4.06. The molecule has 1 aliphatic heterocycles. The fourth-order valence-corrected chi connectivity index (χ4v) is 2.00. The van der Waals surface area contributed by atoms with E-state index in [4.69, 9.17) is 10.4 Å². The number of nitriles is 1. The van der Waals surface area contributed by atoms with Gasteiger partial charge in [-0.3, -0.25) is 4.79 Å². The summed E-state index contributed by atoms with van der Waals surface area (Å²) in [6.45, 7) is 0.229. The van der Waals surface area contributed by atoms with Crippen molar-refractivity contribution >= 4 is 17.7 Å². The zero-order valence-electron chi connectivity index (χ0n) is 9.76. The molecule has 1 heterocycles. The Hall–Kier alpha value is -2.62. The zero-order valence-corrected chi connectivity index (χ0v) is 9.76. The fraction of sp³-hybridized carbons (Fsp3) is 0.250. The predicted molar refractivity (Wildman–Crippen MR) is 63.0 cm³/mol. The van der Waals surface area contributed by atoms with Crippen LogP contribution in [0.1, 0.15) is 12.0 Å². The number of amides is 2. The summed E-state index contributed by atoms with van der Waals surface area (Å²) in [5.74, 6) is -1.17. The molecule has 0 aromatic heterocycles. The molecule has 0 radical (unpaired) electrons. The Morgan fingerprint density at radius 1 is 1.58 bits per heavy atom. The number of nitrogens with zero attached hydrogens (tertiary/aromatic N) is 2. The first-order chi connectivity index (χ1) is 9.02. The lowest BCUT2D eigenvalue weighted by molar-refractivity contribution is -0.118. The van der Waals surface area contributed by atoms with Crippen LogP contribution >= 0.6 is 0 Å². The molecule has 2 amide bonds. The fourth-order valence-electron chi connectivity index (χ4n) is 2.00. The van der Waals surface area contributed by atoms with Crippen molar-refractivity contribution in [3.8, 4) is 6.07 Å². The number of nitrogens with one attached hydrogen (secondary N) is 1. The number of benzene rings is 1. The van der Waals surface area contributed by atoms with E-state index in [-0.39, 0.29) is 24.2 Å². The topological polar surface area (TPSA) is 93.4 Å². The number of carbonyl (C=O) groups excluding carboxylic acids is 1. The summed E-state index contributed by atoms with van der Waals surface area (Å²) in [6, 6.07) is 4.73. The quantitative estimate of drug-likeness (QED) is 0.834. The van der Waals surface area contributed by atoms with Crippen LogP contribution in [0.3, 0.4) is 0 Å². The van der Waals surface area contributed by atoms with E-state index in [0.717, 1.165) is 6.07 Å². The van der Waals surface area contributed by atoms with Crippen molar-refractivity contribution in [2.75, 3.05) is 11.4 Å². The Labute approximate surface area is 108 Å². The highest BCUT2D eigenvalue weighted by molar-refractivity contribution is 6.00. The second-order valence-corrected chi connectivity index (χ2v) is 4.06. The number of halogens is 1. The molecule has 1 saturated heterocycles. The number of anilines is 1. The number of carboxylic acid groups (broad SMARTS) is 1. The van der Waals surface area contributed by atoms with E-state index >= 15 is 0 Å². The van der Waals surface area contributed by atoms with Gasteiger partial charge in [-0.2, -0.15) is 5.26 Å². The van der Waals surface area contributed by atoms with Gasteiger partial charge in [0.25, 0.3) is 0 Å². The van der Waals surface area contributed by atoms with Crippen molar-refractivity contribution in [1.82, 2.24) is 5.32 Å². The molecule has 2 rings (SSSR count). The highest BCUT2D eigenvalue weighted by Gasteiger charge is 2.34. The molecular formula is C12H10FN3O3. The number of hydrogen-bond acceptors (Lipinski definition) is 3. The third-order valence-electron chi connectivity index (χ3n) is 2.87. The summed E-state index contributed by atoms with van der Waals surface area (Å²) in [5, 5.41) is 19.3. The first-order valence-electron chi connectivity index (χ1n) is 5.53. The van der Waals surface area contributed by atoms with Gasteiger partial charge in [0.2, 0.25) is 5.91 Å². The highest BCUT2D eigenvalue weighted by atomic mass is 19.1. The van der Waals surface area contributed by atoms with Gasteiger partial charge in [-0.05, 0) is 24.6 Å². The van der Waals surface area contributed by atoms with Crippen molar-refractivity contribution in [2.24, 2.45) is 0 Å². The molecule has 0 aliphatic carbocycles. The van der Waals surface area contributed by atoms with Crippen molar-refractivity contribution in [1.29, 1.82) is 5.26 Å². The van der Waals surface area contributed by atoms with Crippen molar-refractivity contribution < 1.29 is 19.1 Å². The Morgan fingerprint density at radius 2 is 2.32 bits per heavy atom. The molecule has 0 unspecified atom stereocenters. The van der Waals surface area contributed by atoms with Crippen LogP contribution in [0.4, 0.5) is 14.9 Å². The third-order valence-corrected chi connectivity index (χ3v) is 2.87. The summed E-state index contributed by atoms with van der Waals surface area (Å²) in [5.41, 5.74) is 0.215. The Morgan fingerprint density at radius 3 is 2.89 bits per heavy atom. The molecule has 1 aromatic rings. The first-order valence-corrected chi connectivity index (χ1v) is 5.53. The van der Waals surface area contributed by atoms with Crippen LogP contribution in [-0.2, 0) is 4.79 Å². The number of rotatable bonds is 2. The maximum atomic E-state index is 13.8. The van der Waals surface area contributed by atoms with E-state index in [9.17, 15) is 14.0 Å². The van der Waals surface area contributed by atoms with Crippen molar-refractivity contribution in [3.05, 3.63) is 29.6 Å². The van der Waals surface area contributed by atoms with E-state index in [0.29, 0.717) is 0 Å². The number of carbonyl (C=O) groups is 2. The molecule has 1 fully saturated rings. The van der Waals surface area contributed by atoms with Gasteiger partial charge >= 0.3 is 6.09 Å². The smallest absolute Gasteiger partial charge is 0.405 e. The largest absolute Gasteiger partial charge is 0.465 e. The van der Waals surface area contributed by atoms with Gasteiger partial charge in [0.05, 0.1) is 17.3 Å². The molecule has 1 aliphatic rings. The molecule has 7 heteroatoms. The van der Waals surface area contributed by atoms with E-state index < -0.39 is 23.9 Å². The Bertz CT molecular complexity index is 582. The van der Waals surface area contributed by atoms with Crippen LogP contribution < -0.4 is 10.2 Å². The molecule has 0 saturated carbocycles. The van der Waals surface area contributed by atoms with E-state index in [2.05, 4.69) is 5.32 Å². The molecule has 6 nitrogen and oxygen atoms in total. The van der Waals surface area contributed by atoms with Gasteiger partial charge in [-0.25, -0.2) is 9.18 Å². The minimum atomic E-state index is -1.29. The molecule has 0 bridgehead atoms. The lowest BCUT2D eigenvalue weighted by Crippen LogP contribution is -2.41. The maximum Gasteiger partial charge on any atom is 0.405 e. The summed E-state index contributed by atoms with van der Waals surface area (Å²) >= 11 is 0. The lowest BCUT2D eigenvalue weighted by atomic mass is 10.2. The van der Waals surface area contributed by atoms with Crippen molar-refractivity contribution in [3.63, 3.8) is 0 Å². The lowest BCUT2D eigenvalue weighted by Gasteiger charge is -2.17. The van der Waals surface area contributed by atoms with Crippen molar-refractivity contribution in [2.45, 2.75) is 12.5 Å². The van der Waals surface area contributed by atoms with Gasteiger partial charge in [0, 0.05) is 6.54 Å². The van der Waals surface area contributed by atoms with Gasteiger partial charge < -0.3 is 15.3 Å². The van der Waals surface area contributed by atoms with E-state index in [1.165, 1.54) is 17.0 Å². The van der Waals surface area contributed by atoms with Gasteiger partial charge in [-0.15, -0.1) is 0 Å². The first kappa shape index (κ1) is 12.8. The minimum Gasteiger partial charge on any atom is -0.465 e. The van der Waals surface area contributed by atoms with E-state index in [1.54, 1.807) is 6.07 Å². The molecule has 1 atom stereocenters. The van der Waals surface area contributed by atoms with Gasteiger partial charge in [0.1, 0.15) is 11.9 Å². The maximum absolute atomic E-state index is 13.8. The molecule has 0 spiro atoms. The summed E-state index contributed by atoms with van der Waals surface area (Å²) in [6.07, 6.45) is -1.01. The van der Waals surface area contributed by atoms with Gasteiger partial charge in [-0.1, -0.05) is 0 Å². The van der Waals surface area contributed by atoms with Crippen LogP contribution in [0.25, 0.3) is 0 Å². The monoisotopic (exact) mass is 263 g/mol. The minimum absolute atomic E-state index is 0.0543. The Balaban J connectivity index is 2.22. The number of hydrogen-bond donors (Lipinski definition) is 2. The van der Waals surface area contributed by atoms with Crippen LogP contribution in [-0.4, -0.2) is 29.7 Å². The highest BCUT2D eigenvalue weighted by Crippen LogP contribution is 2.25. The zero-order chi connectivity index (χ0) is 14.0. The van der Waals surface area contributed by atoms with Gasteiger partial charge in [0.15, 0.2) is 0 Å². The van der Waals surface area contributed by atoms with Crippen LogP contribution in [0, 0.1) is 17.1 Å².